The average molecular weight is 923 g/mol. The molecular formula is C59H44F6N4. The van der Waals surface area contributed by atoms with Gasteiger partial charge in [0.1, 0.15) is 0 Å². The predicted molar refractivity (Wildman–Crippen MR) is 265 cm³/mol. The van der Waals surface area contributed by atoms with Crippen molar-refractivity contribution in [3.05, 3.63) is 202 Å². The SMILES string of the molecule is Cc1cc(C)c(-c2ccc3c(c2)c2cc(-c4c(C)cc(C)cc4C)ccc2n3-c2cc(-c3ccc(C(F)(F)F)cc3C(F)(F)F)ccc2-c2nc(-c3ccccc3)nc(-c3ccccc3)n2)c(C)c1. The Bertz CT molecular complexity index is 3430. The van der Waals surface area contributed by atoms with Crippen molar-refractivity contribution in [3.8, 4) is 73.2 Å². The molecule has 69 heavy (non-hydrogen) atoms. The minimum Gasteiger partial charge on any atom is -0.308 e. The van der Waals surface area contributed by atoms with Crippen molar-refractivity contribution in [2.75, 3.05) is 0 Å². The summed E-state index contributed by atoms with van der Waals surface area (Å²) in [5.74, 6) is 0.995. The molecule has 2 heterocycles. The van der Waals surface area contributed by atoms with E-state index in [4.69, 9.17) is 15.0 Å². The van der Waals surface area contributed by atoms with E-state index < -0.39 is 29.0 Å². The van der Waals surface area contributed by atoms with Gasteiger partial charge >= 0.3 is 12.4 Å². The van der Waals surface area contributed by atoms with Crippen LogP contribution in [0.15, 0.2) is 158 Å². The summed E-state index contributed by atoms with van der Waals surface area (Å²) >= 11 is 0. The Hall–Kier alpha value is -7.85. The van der Waals surface area contributed by atoms with Crippen LogP contribution >= 0.6 is 0 Å². The zero-order valence-corrected chi connectivity index (χ0v) is 38.6. The maximum Gasteiger partial charge on any atom is 0.417 e. The molecule has 0 bridgehead atoms. The molecule has 10 aromatic rings. The molecule has 0 N–H and O–H groups in total. The van der Waals surface area contributed by atoms with E-state index in [1.54, 1.807) is 12.1 Å². The van der Waals surface area contributed by atoms with Crippen LogP contribution in [-0.2, 0) is 12.4 Å². The minimum atomic E-state index is -5.11. The van der Waals surface area contributed by atoms with E-state index >= 15 is 0 Å². The Morgan fingerprint density at radius 1 is 0.377 bits per heavy atom. The number of halogens is 6. The van der Waals surface area contributed by atoms with Gasteiger partial charge in [-0.2, -0.15) is 26.3 Å². The molecule has 0 radical (unpaired) electrons. The highest BCUT2D eigenvalue weighted by Gasteiger charge is 2.38. The number of hydrogen-bond donors (Lipinski definition) is 0. The zero-order chi connectivity index (χ0) is 48.5. The van der Waals surface area contributed by atoms with E-state index in [9.17, 15) is 26.3 Å². The number of aromatic nitrogens is 4. The number of hydrogen-bond acceptors (Lipinski definition) is 3. The van der Waals surface area contributed by atoms with E-state index in [2.05, 4.69) is 90.1 Å². The number of fused-ring (bicyclic) bond motifs is 3. The fraction of sp³-hybridized carbons (Fsp3) is 0.136. The molecule has 4 nitrogen and oxygen atoms in total. The molecule has 8 aromatic carbocycles. The second kappa shape index (κ2) is 17.0. The quantitative estimate of drug-likeness (QED) is 0.150. The number of nitrogens with zero attached hydrogens (tertiary/aromatic N) is 4. The topological polar surface area (TPSA) is 43.6 Å². The lowest BCUT2D eigenvalue weighted by Crippen LogP contribution is -2.12. The van der Waals surface area contributed by atoms with Crippen LogP contribution in [0, 0.1) is 41.5 Å². The molecule has 10 rings (SSSR count). The summed E-state index contributed by atoms with van der Waals surface area (Å²) < 4.78 is 88.9. The van der Waals surface area contributed by atoms with Gasteiger partial charge < -0.3 is 4.57 Å². The molecular weight excluding hydrogens is 879 g/mol. The summed E-state index contributed by atoms with van der Waals surface area (Å²) in [5, 5.41) is 1.78. The van der Waals surface area contributed by atoms with Crippen molar-refractivity contribution in [1.82, 2.24) is 19.5 Å². The number of rotatable bonds is 7. The van der Waals surface area contributed by atoms with Crippen LogP contribution in [0.5, 0.6) is 0 Å². The van der Waals surface area contributed by atoms with Gasteiger partial charge in [-0.25, -0.2) is 15.0 Å². The maximum atomic E-state index is 15.0. The Morgan fingerprint density at radius 2 is 0.812 bits per heavy atom. The summed E-state index contributed by atoms with van der Waals surface area (Å²) in [7, 11) is 0. The van der Waals surface area contributed by atoms with Crippen molar-refractivity contribution in [3.63, 3.8) is 0 Å². The number of aryl methyl sites for hydroxylation is 6. The Kier molecular flexibility index (Phi) is 11.1. The predicted octanol–water partition coefficient (Wildman–Crippen LogP) is 16.9. The first-order valence-electron chi connectivity index (χ1n) is 22.5. The van der Waals surface area contributed by atoms with Gasteiger partial charge in [-0.1, -0.05) is 120 Å². The molecule has 0 aliphatic carbocycles. The molecule has 0 fully saturated rings. The second-order valence-corrected chi connectivity index (χ2v) is 17.9. The molecule has 0 amide bonds. The number of alkyl halides is 6. The summed E-state index contributed by atoms with van der Waals surface area (Å²) in [6.07, 6.45) is -10.1. The molecule has 0 saturated heterocycles. The van der Waals surface area contributed by atoms with Crippen molar-refractivity contribution in [2.24, 2.45) is 0 Å². The van der Waals surface area contributed by atoms with Gasteiger partial charge in [0.05, 0.1) is 27.8 Å². The molecule has 10 heteroatoms. The van der Waals surface area contributed by atoms with E-state index in [-0.39, 0.29) is 17.5 Å². The van der Waals surface area contributed by atoms with E-state index in [1.807, 2.05) is 77.4 Å². The Labute approximate surface area is 395 Å². The maximum absolute atomic E-state index is 15.0. The Balaban J connectivity index is 1.32. The van der Waals surface area contributed by atoms with Gasteiger partial charge in [0.2, 0.25) is 0 Å². The van der Waals surface area contributed by atoms with Crippen molar-refractivity contribution in [2.45, 2.75) is 53.9 Å². The van der Waals surface area contributed by atoms with Gasteiger partial charge in [-0.05, 0) is 146 Å². The molecule has 0 aliphatic heterocycles. The fourth-order valence-electron chi connectivity index (χ4n) is 10.1. The third kappa shape index (κ3) is 8.34. The standard InChI is InChI=1S/C59H44F6N4/c1-33-25-35(3)53(36(4)26-33)42-18-23-50-47(29-42)48-30-43(54-37(5)27-34(2)28-38(54)6)19-24-51(48)69(50)52-31-41(45-22-20-44(58(60,61)62)32-49(45)59(63,64)65)17-21-46(52)57-67-55(39-13-9-7-10-14-39)66-56(68-57)40-15-11-8-12-16-40/h7-32H,1-6H3. The highest BCUT2D eigenvalue weighted by atomic mass is 19.4. The summed E-state index contributed by atoms with van der Waals surface area (Å²) in [4.78, 5) is 15.0. The van der Waals surface area contributed by atoms with Gasteiger partial charge in [0, 0.05) is 27.5 Å². The van der Waals surface area contributed by atoms with Crippen molar-refractivity contribution in [1.29, 1.82) is 0 Å². The summed E-state index contributed by atoms with van der Waals surface area (Å²) in [6, 6.07) is 46.5. The van der Waals surface area contributed by atoms with Crippen molar-refractivity contribution < 1.29 is 26.3 Å². The van der Waals surface area contributed by atoms with Crippen LogP contribution in [0.25, 0.3) is 95.0 Å². The summed E-state index contributed by atoms with van der Waals surface area (Å²) in [5.41, 5.74) is 11.6. The van der Waals surface area contributed by atoms with Crippen LogP contribution in [0.2, 0.25) is 0 Å². The minimum absolute atomic E-state index is 0.0514. The van der Waals surface area contributed by atoms with Gasteiger partial charge in [-0.3, -0.25) is 0 Å². The molecule has 0 spiro atoms. The van der Waals surface area contributed by atoms with Crippen molar-refractivity contribution >= 4 is 21.8 Å². The first-order valence-corrected chi connectivity index (χ1v) is 22.5. The van der Waals surface area contributed by atoms with Crippen LogP contribution in [0.1, 0.15) is 44.5 Å². The highest BCUT2D eigenvalue weighted by Crippen LogP contribution is 2.45. The lowest BCUT2D eigenvalue weighted by atomic mass is 9.91. The summed E-state index contributed by atoms with van der Waals surface area (Å²) in [6.45, 7) is 12.5. The molecule has 342 valence electrons. The molecule has 0 atom stereocenters. The normalized spacial score (nSPS) is 12.1. The van der Waals surface area contributed by atoms with Crippen LogP contribution in [-0.4, -0.2) is 19.5 Å². The highest BCUT2D eigenvalue weighted by molar-refractivity contribution is 6.12. The van der Waals surface area contributed by atoms with Crippen LogP contribution in [0.3, 0.4) is 0 Å². The first-order chi connectivity index (χ1) is 32.9. The molecule has 0 aliphatic rings. The fourth-order valence-corrected chi connectivity index (χ4v) is 10.1. The smallest absolute Gasteiger partial charge is 0.308 e. The van der Waals surface area contributed by atoms with Gasteiger partial charge in [0.25, 0.3) is 0 Å². The van der Waals surface area contributed by atoms with E-state index in [0.717, 1.165) is 94.6 Å². The van der Waals surface area contributed by atoms with E-state index in [1.165, 1.54) is 6.07 Å². The third-order valence-corrected chi connectivity index (χ3v) is 12.8. The molecule has 0 unspecified atom stereocenters. The molecule has 0 saturated carbocycles. The molecule has 2 aromatic heterocycles. The second-order valence-electron chi connectivity index (χ2n) is 17.9. The monoisotopic (exact) mass is 922 g/mol. The first kappa shape index (κ1) is 45.0. The zero-order valence-electron chi connectivity index (χ0n) is 38.6. The van der Waals surface area contributed by atoms with E-state index in [0.29, 0.717) is 29.0 Å². The van der Waals surface area contributed by atoms with Crippen LogP contribution in [0.4, 0.5) is 26.3 Å². The lowest BCUT2D eigenvalue weighted by Gasteiger charge is -2.19. The average Bonchev–Trinajstić information content (AvgIpc) is 3.63. The van der Waals surface area contributed by atoms with Gasteiger partial charge in [0.15, 0.2) is 17.5 Å². The lowest BCUT2D eigenvalue weighted by molar-refractivity contribution is -0.142. The van der Waals surface area contributed by atoms with Crippen LogP contribution < -0.4 is 0 Å². The largest absolute Gasteiger partial charge is 0.417 e. The van der Waals surface area contributed by atoms with Gasteiger partial charge in [-0.15, -0.1) is 0 Å². The Morgan fingerprint density at radius 3 is 1.26 bits per heavy atom. The number of benzene rings is 8. The third-order valence-electron chi connectivity index (χ3n) is 12.8.